The Hall–Kier alpha value is -2.29. The first-order valence-corrected chi connectivity index (χ1v) is 10.0. The van der Waals surface area contributed by atoms with Crippen LogP contribution in [-0.2, 0) is 4.74 Å². The molecule has 0 spiro atoms. The van der Waals surface area contributed by atoms with E-state index in [1.54, 1.807) is 13.1 Å². The first-order valence-electron chi connectivity index (χ1n) is 10.0. The minimum atomic E-state index is -1.39. The van der Waals surface area contributed by atoms with Crippen molar-refractivity contribution in [1.82, 2.24) is 5.32 Å². The SMILES string of the molecule is CNC(=O)c1cccc(-c2ccc(C(C)[C@H]3OC(CO)[C@@H](O)[C@H](O)C3O)cc2C)c1. The lowest BCUT2D eigenvalue weighted by atomic mass is 9.84. The van der Waals surface area contributed by atoms with Crippen LogP contribution in [0.15, 0.2) is 42.5 Å². The predicted molar refractivity (Wildman–Crippen MR) is 112 cm³/mol. The summed E-state index contributed by atoms with van der Waals surface area (Å²) in [5, 5.41) is 42.5. The number of carbonyl (C=O) groups excluding carboxylic acids is 1. The average molecular weight is 415 g/mol. The second-order valence-electron chi connectivity index (χ2n) is 7.82. The minimum Gasteiger partial charge on any atom is -0.394 e. The van der Waals surface area contributed by atoms with E-state index in [0.29, 0.717) is 5.56 Å². The summed E-state index contributed by atoms with van der Waals surface area (Å²) in [4.78, 5) is 11.9. The molecule has 2 aromatic rings. The summed E-state index contributed by atoms with van der Waals surface area (Å²) in [7, 11) is 1.59. The Morgan fingerprint density at radius 3 is 2.47 bits per heavy atom. The molecule has 7 nitrogen and oxygen atoms in total. The minimum absolute atomic E-state index is 0.151. The number of carbonyl (C=O) groups is 1. The maximum atomic E-state index is 11.9. The lowest BCUT2D eigenvalue weighted by Gasteiger charge is -2.42. The molecule has 2 aromatic carbocycles. The molecule has 30 heavy (non-hydrogen) atoms. The Bertz CT molecular complexity index is 899. The highest BCUT2D eigenvalue weighted by Gasteiger charge is 2.45. The van der Waals surface area contributed by atoms with Gasteiger partial charge in [0.05, 0.1) is 12.7 Å². The first kappa shape index (κ1) is 22.4. The molecule has 1 fully saturated rings. The molecule has 3 rings (SSSR count). The van der Waals surface area contributed by atoms with Crippen molar-refractivity contribution in [3.63, 3.8) is 0 Å². The van der Waals surface area contributed by atoms with Gasteiger partial charge in [-0.15, -0.1) is 0 Å². The van der Waals surface area contributed by atoms with Crippen LogP contribution in [0.25, 0.3) is 11.1 Å². The Labute approximate surface area is 175 Å². The van der Waals surface area contributed by atoms with E-state index in [0.717, 1.165) is 22.3 Å². The van der Waals surface area contributed by atoms with Gasteiger partial charge in [-0.05, 0) is 41.3 Å². The highest BCUT2D eigenvalue weighted by molar-refractivity contribution is 5.95. The molecule has 0 radical (unpaired) electrons. The summed E-state index contributed by atoms with van der Waals surface area (Å²) in [6.07, 6.45) is -5.74. The molecule has 5 N–H and O–H groups in total. The summed E-state index contributed by atoms with van der Waals surface area (Å²) in [6, 6.07) is 13.2. The molecule has 3 unspecified atom stereocenters. The summed E-state index contributed by atoms with van der Waals surface area (Å²) >= 11 is 0. The fourth-order valence-corrected chi connectivity index (χ4v) is 4.00. The summed E-state index contributed by atoms with van der Waals surface area (Å²) in [5.74, 6) is -0.441. The molecule has 0 aromatic heterocycles. The van der Waals surface area contributed by atoms with Crippen molar-refractivity contribution in [1.29, 1.82) is 0 Å². The zero-order chi connectivity index (χ0) is 22.0. The van der Waals surface area contributed by atoms with Crippen LogP contribution in [0.4, 0.5) is 0 Å². The van der Waals surface area contributed by atoms with Crippen molar-refractivity contribution >= 4 is 5.91 Å². The third-order valence-corrected chi connectivity index (χ3v) is 5.86. The van der Waals surface area contributed by atoms with Crippen molar-refractivity contribution in [3.05, 3.63) is 59.2 Å². The molecule has 1 saturated heterocycles. The molecule has 6 atom stereocenters. The number of nitrogens with one attached hydrogen (secondary N) is 1. The second kappa shape index (κ2) is 9.24. The standard InChI is InChI=1S/C23H29NO6/c1-12-9-14(13(2)22-21(28)20(27)19(26)18(11-25)30-22)7-8-17(12)15-5-4-6-16(10-15)23(29)24-3/h4-10,13,18-22,25-28H,11H2,1-3H3,(H,24,29)/t13?,18?,19-,20+,21?,22-/m1/s1. The van der Waals surface area contributed by atoms with Crippen molar-refractivity contribution in [3.8, 4) is 11.1 Å². The van der Waals surface area contributed by atoms with E-state index in [-0.39, 0.29) is 11.8 Å². The van der Waals surface area contributed by atoms with Gasteiger partial charge in [-0.2, -0.15) is 0 Å². The number of ether oxygens (including phenoxy) is 1. The summed E-state index contributed by atoms with van der Waals surface area (Å²) < 4.78 is 5.70. The van der Waals surface area contributed by atoms with E-state index in [9.17, 15) is 25.2 Å². The quantitative estimate of drug-likeness (QED) is 0.497. The molecule has 162 valence electrons. The molecule has 0 aliphatic carbocycles. The number of hydrogen-bond acceptors (Lipinski definition) is 6. The Balaban J connectivity index is 1.87. The maximum absolute atomic E-state index is 11.9. The van der Waals surface area contributed by atoms with E-state index in [4.69, 9.17) is 4.74 Å². The van der Waals surface area contributed by atoms with Gasteiger partial charge in [-0.3, -0.25) is 4.79 Å². The zero-order valence-corrected chi connectivity index (χ0v) is 17.3. The van der Waals surface area contributed by atoms with Crippen LogP contribution in [0, 0.1) is 6.92 Å². The number of hydrogen-bond donors (Lipinski definition) is 5. The summed E-state index contributed by atoms with van der Waals surface area (Å²) in [6.45, 7) is 3.38. The highest BCUT2D eigenvalue weighted by atomic mass is 16.5. The van der Waals surface area contributed by atoms with Gasteiger partial charge < -0.3 is 30.5 Å². The van der Waals surface area contributed by atoms with E-state index in [1.165, 1.54) is 0 Å². The van der Waals surface area contributed by atoms with Gasteiger partial charge in [-0.1, -0.05) is 37.3 Å². The van der Waals surface area contributed by atoms with Crippen LogP contribution in [0.1, 0.15) is 34.3 Å². The Kier molecular flexibility index (Phi) is 6.90. The summed E-state index contributed by atoms with van der Waals surface area (Å²) in [5.41, 5.74) is 4.35. The Morgan fingerprint density at radius 1 is 1.10 bits per heavy atom. The molecule has 0 bridgehead atoms. The van der Waals surface area contributed by atoms with Crippen LogP contribution in [-0.4, -0.2) is 70.5 Å². The molecule has 0 saturated carbocycles. The molecular weight excluding hydrogens is 386 g/mol. The van der Waals surface area contributed by atoms with Gasteiger partial charge in [0.2, 0.25) is 0 Å². The molecular formula is C23H29NO6. The molecule has 1 amide bonds. The van der Waals surface area contributed by atoms with Crippen molar-refractivity contribution in [2.45, 2.75) is 50.3 Å². The lowest BCUT2D eigenvalue weighted by molar-refractivity contribution is -0.233. The van der Waals surface area contributed by atoms with E-state index < -0.39 is 37.1 Å². The van der Waals surface area contributed by atoms with E-state index >= 15 is 0 Å². The van der Waals surface area contributed by atoms with Crippen molar-refractivity contribution in [2.24, 2.45) is 0 Å². The third-order valence-electron chi connectivity index (χ3n) is 5.86. The van der Waals surface area contributed by atoms with Crippen molar-refractivity contribution < 1.29 is 30.0 Å². The van der Waals surface area contributed by atoms with Gasteiger partial charge in [0, 0.05) is 18.5 Å². The Morgan fingerprint density at radius 2 is 1.83 bits per heavy atom. The topological polar surface area (TPSA) is 119 Å². The van der Waals surface area contributed by atoms with Crippen LogP contribution in [0.2, 0.25) is 0 Å². The normalized spacial score (nSPS) is 27.5. The molecule has 1 heterocycles. The van der Waals surface area contributed by atoms with Crippen LogP contribution in [0.3, 0.4) is 0 Å². The highest BCUT2D eigenvalue weighted by Crippen LogP contribution is 2.34. The zero-order valence-electron chi connectivity index (χ0n) is 17.3. The van der Waals surface area contributed by atoms with Gasteiger partial charge in [0.25, 0.3) is 5.91 Å². The predicted octanol–water partition coefficient (Wildman–Crippen LogP) is 0.968. The van der Waals surface area contributed by atoms with Gasteiger partial charge in [0.1, 0.15) is 24.4 Å². The third kappa shape index (κ3) is 4.26. The lowest BCUT2D eigenvalue weighted by Crippen LogP contribution is -2.59. The smallest absolute Gasteiger partial charge is 0.251 e. The van der Waals surface area contributed by atoms with Crippen molar-refractivity contribution in [2.75, 3.05) is 13.7 Å². The van der Waals surface area contributed by atoms with Crippen LogP contribution in [0.5, 0.6) is 0 Å². The largest absolute Gasteiger partial charge is 0.394 e. The van der Waals surface area contributed by atoms with Gasteiger partial charge in [-0.25, -0.2) is 0 Å². The van der Waals surface area contributed by atoms with Crippen LogP contribution >= 0.6 is 0 Å². The van der Waals surface area contributed by atoms with Crippen LogP contribution < -0.4 is 5.32 Å². The fourth-order valence-electron chi connectivity index (χ4n) is 4.00. The number of rotatable bonds is 5. The number of aliphatic hydroxyl groups is 4. The van der Waals surface area contributed by atoms with E-state index in [2.05, 4.69) is 5.32 Å². The molecule has 1 aliphatic rings. The first-order chi connectivity index (χ1) is 14.3. The molecule has 1 aliphatic heterocycles. The average Bonchev–Trinajstić information content (AvgIpc) is 2.76. The number of aryl methyl sites for hydroxylation is 1. The molecule has 7 heteroatoms. The van der Waals surface area contributed by atoms with Gasteiger partial charge in [0.15, 0.2) is 0 Å². The fraction of sp³-hybridized carbons (Fsp3) is 0.435. The second-order valence-corrected chi connectivity index (χ2v) is 7.82. The monoisotopic (exact) mass is 415 g/mol. The van der Waals surface area contributed by atoms with E-state index in [1.807, 2.05) is 50.2 Å². The number of amides is 1. The van der Waals surface area contributed by atoms with Gasteiger partial charge >= 0.3 is 0 Å². The maximum Gasteiger partial charge on any atom is 0.251 e. The number of benzene rings is 2. The number of aliphatic hydroxyl groups excluding tert-OH is 4.